The van der Waals surface area contributed by atoms with E-state index in [1.807, 2.05) is 6.07 Å². The van der Waals surface area contributed by atoms with Gasteiger partial charge in [0.05, 0.1) is 6.61 Å². The molecule has 2 aliphatic rings. The molecule has 0 spiro atoms. The fourth-order valence-electron chi connectivity index (χ4n) is 3.58. The van der Waals surface area contributed by atoms with E-state index in [0.717, 1.165) is 5.56 Å². The first kappa shape index (κ1) is 16.9. The summed E-state index contributed by atoms with van der Waals surface area (Å²) in [6, 6.07) is 13.5. The van der Waals surface area contributed by atoms with Crippen LogP contribution in [0.15, 0.2) is 48.5 Å². The average molecular weight is 371 g/mol. The van der Waals surface area contributed by atoms with Crippen LogP contribution >= 0.6 is 11.6 Å². The molecule has 6 heteroatoms. The van der Waals surface area contributed by atoms with E-state index in [-0.39, 0.29) is 17.5 Å². The highest BCUT2D eigenvalue weighted by Crippen LogP contribution is 2.50. The molecule has 26 heavy (non-hydrogen) atoms. The summed E-state index contributed by atoms with van der Waals surface area (Å²) in [6.07, 6.45) is -0.0771. The molecule has 132 valence electrons. The molecule has 1 atom stereocenters. The molecule has 0 bridgehead atoms. The van der Waals surface area contributed by atoms with E-state index in [0.29, 0.717) is 11.6 Å². The Labute approximate surface area is 154 Å². The lowest BCUT2D eigenvalue weighted by atomic mass is 9.82. The number of ether oxygens (including phenoxy) is 2. The maximum Gasteiger partial charge on any atom is 0.304 e. The van der Waals surface area contributed by atoms with Crippen molar-refractivity contribution in [2.24, 2.45) is 0 Å². The SMILES string of the molecule is CC(=O)OC1(CC2(c3cccc(Cl)c3)CO2)C(=O)c2ccccc2C1=O. The highest BCUT2D eigenvalue weighted by molar-refractivity contribution is 6.32. The monoisotopic (exact) mass is 370 g/mol. The molecule has 0 radical (unpaired) electrons. The molecule has 4 rings (SSSR count). The van der Waals surface area contributed by atoms with Crippen LogP contribution in [0.25, 0.3) is 0 Å². The minimum absolute atomic E-state index is 0.0771. The second-order valence-electron chi connectivity index (χ2n) is 6.59. The normalized spacial score (nSPS) is 22.8. The molecule has 1 aliphatic carbocycles. The average Bonchev–Trinajstić information content (AvgIpc) is 3.36. The topological polar surface area (TPSA) is 73.0 Å². The largest absolute Gasteiger partial charge is 0.442 e. The van der Waals surface area contributed by atoms with Gasteiger partial charge in [0, 0.05) is 29.5 Å². The third-order valence-corrected chi connectivity index (χ3v) is 5.08. The van der Waals surface area contributed by atoms with Crippen LogP contribution in [0.4, 0.5) is 0 Å². The summed E-state index contributed by atoms with van der Waals surface area (Å²) in [6.45, 7) is 1.50. The van der Waals surface area contributed by atoms with Crippen LogP contribution in [0.1, 0.15) is 39.6 Å². The number of hydrogen-bond acceptors (Lipinski definition) is 5. The Morgan fingerprint density at radius 2 is 1.73 bits per heavy atom. The molecule has 0 saturated carbocycles. The summed E-state index contributed by atoms with van der Waals surface area (Å²) in [5.74, 6) is -1.71. The Morgan fingerprint density at radius 1 is 1.12 bits per heavy atom. The maximum absolute atomic E-state index is 13.1. The highest BCUT2D eigenvalue weighted by Gasteiger charge is 2.63. The smallest absolute Gasteiger partial charge is 0.304 e. The molecular formula is C20H15ClO5. The molecular weight excluding hydrogens is 356 g/mol. The molecule has 0 N–H and O–H groups in total. The van der Waals surface area contributed by atoms with Crippen LogP contribution in [0.3, 0.4) is 0 Å². The zero-order valence-electron chi connectivity index (χ0n) is 14.0. The van der Waals surface area contributed by atoms with Crippen molar-refractivity contribution in [3.8, 4) is 0 Å². The zero-order valence-corrected chi connectivity index (χ0v) is 14.7. The molecule has 5 nitrogen and oxygen atoms in total. The van der Waals surface area contributed by atoms with Gasteiger partial charge in [-0.15, -0.1) is 0 Å². The van der Waals surface area contributed by atoms with Crippen molar-refractivity contribution in [3.63, 3.8) is 0 Å². The summed E-state index contributed by atoms with van der Waals surface area (Å²) in [7, 11) is 0. The standard InChI is InChI=1S/C20H15ClO5/c1-12(22)26-20(17(23)15-7-2-3-8-16(15)18(20)24)10-19(11-25-19)13-5-4-6-14(21)9-13/h2-9H,10-11H2,1H3. The Bertz CT molecular complexity index is 910. The van der Waals surface area contributed by atoms with Gasteiger partial charge in [-0.05, 0) is 17.7 Å². The van der Waals surface area contributed by atoms with Gasteiger partial charge in [0.2, 0.25) is 17.2 Å². The minimum atomic E-state index is -1.91. The van der Waals surface area contributed by atoms with Gasteiger partial charge < -0.3 is 9.47 Å². The maximum atomic E-state index is 13.1. The van der Waals surface area contributed by atoms with Gasteiger partial charge in [-0.2, -0.15) is 0 Å². The van der Waals surface area contributed by atoms with Crippen molar-refractivity contribution >= 4 is 29.1 Å². The predicted octanol–water partition coefficient (Wildman–Crippen LogP) is 3.34. The van der Waals surface area contributed by atoms with E-state index in [1.165, 1.54) is 6.92 Å². The quantitative estimate of drug-likeness (QED) is 0.469. The van der Waals surface area contributed by atoms with Gasteiger partial charge in [-0.1, -0.05) is 48.0 Å². The molecule has 1 saturated heterocycles. The van der Waals surface area contributed by atoms with Crippen LogP contribution in [-0.2, 0) is 19.9 Å². The third kappa shape index (κ3) is 2.47. The van der Waals surface area contributed by atoms with Crippen LogP contribution in [0.5, 0.6) is 0 Å². The number of hydrogen-bond donors (Lipinski definition) is 0. The molecule has 2 aromatic rings. The van der Waals surface area contributed by atoms with Crippen LogP contribution in [0.2, 0.25) is 5.02 Å². The molecule has 0 amide bonds. The van der Waals surface area contributed by atoms with Gasteiger partial charge in [0.1, 0.15) is 5.60 Å². The van der Waals surface area contributed by atoms with E-state index in [1.54, 1.807) is 42.5 Å². The van der Waals surface area contributed by atoms with Gasteiger partial charge >= 0.3 is 5.97 Å². The van der Waals surface area contributed by atoms with E-state index < -0.39 is 28.7 Å². The third-order valence-electron chi connectivity index (χ3n) is 4.85. The van der Waals surface area contributed by atoms with Crippen molar-refractivity contribution in [2.75, 3.05) is 6.61 Å². The molecule has 1 unspecified atom stereocenters. The van der Waals surface area contributed by atoms with Gasteiger partial charge in [0.15, 0.2) is 0 Å². The van der Waals surface area contributed by atoms with Crippen LogP contribution < -0.4 is 0 Å². The fraction of sp³-hybridized carbons (Fsp3) is 0.250. The summed E-state index contributed by atoms with van der Waals surface area (Å²) in [5, 5.41) is 0.520. The van der Waals surface area contributed by atoms with Gasteiger partial charge in [0.25, 0.3) is 0 Å². The number of esters is 1. The number of fused-ring (bicyclic) bond motifs is 1. The number of epoxide rings is 1. The van der Waals surface area contributed by atoms with E-state index >= 15 is 0 Å². The van der Waals surface area contributed by atoms with Gasteiger partial charge in [-0.25, -0.2) is 0 Å². The number of carbonyl (C=O) groups is 3. The second-order valence-corrected chi connectivity index (χ2v) is 7.03. The first-order valence-corrected chi connectivity index (χ1v) is 8.54. The lowest BCUT2D eigenvalue weighted by molar-refractivity contribution is -0.150. The lowest BCUT2D eigenvalue weighted by Gasteiger charge is -2.28. The van der Waals surface area contributed by atoms with Crippen molar-refractivity contribution < 1.29 is 23.9 Å². The molecule has 2 aromatic carbocycles. The summed E-state index contributed by atoms with van der Waals surface area (Å²) >= 11 is 6.07. The number of halogens is 1. The number of ketones is 2. The molecule has 1 fully saturated rings. The first-order chi connectivity index (χ1) is 12.4. The summed E-state index contributed by atoms with van der Waals surface area (Å²) < 4.78 is 11.0. The molecule has 1 heterocycles. The van der Waals surface area contributed by atoms with Crippen molar-refractivity contribution in [1.82, 2.24) is 0 Å². The fourth-order valence-corrected chi connectivity index (χ4v) is 3.77. The molecule has 1 aliphatic heterocycles. The summed E-state index contributed by atoms with van der Waals surface area (Å²) in [4.78, 5) is 37.9. The van der Waals surface area contributed by atoms with E-state index in [4.69, 9.17) is 21.1 Å². The van der Waals surface area contributed by atoms with Crippen molar-refractivity contribution in [3.05, 3.63) is 70.2 Å². The van der Waals surface area contributed by atoms with Crippen LogP contribution in [-0.4, -0.2) is 29.7 Å². The zero-order chi connectivity index (χ0) is 18.5. The lowest BCUT2D eigenvalue weighted by Crippen LogP contribution is -2.48. The van der Waals surface area contributed by atoms with Crippen LogP contribution in [0, 0.1) is 0 Å². The Morgan fingerprint density at radius 3 is 2.23 bits per heavy atom. The van der Waals surface area contributed by atoms with Crippen molar-refractivity contribution in [2.45, 2.75) is 24.5 Å². The first-order valence-electron chi connectivity index (χ1n) is 8.16. The Hall–Kier alpha value is -2.50. The number of carbonyl (C=O) groups excluding carboxylic acids is 3. The predicted molar refractivity (Wildman–Crippen MR) is 93.3 cm³/mol. The second kappa shape index (κ2) is 5.76. The summed E-state index contributed by atoms with van der Waals surface area (Å²) in [5.41, 5.74) is -1.52. The van der Waals surface area contributed by atoms with Gasteiger partial charge in [-0.3, -0.25) is 14.4 Å². The number of Topliss-reactive ketones (excluding diaryl/α,β-unsaturated/α-hetero) is 2. The molecule has 0 aromatic heterocycles. The van der Waals surface area contributed by atoms with E-state index in [9.17, 15) is 14.4 Å². The van der Waals surface area contributed by atoms with Crippen molar-refractivity contribution in [1.29, 1.82) is 0 Å². The highest BCUT2D eigenvalue weighted by atomic mass is 35.5. The number of rotatable bonds is 4. The number of benzene rings is 2. The Balaban J connectivity index is 1.79. The minimum Gasteiger partial charge on any atom is -0.442 e. The van der Waals surface area contributed by atoms with E-state index in [2.05, 4.69) is 0 Å². The Kier molecular flexibility index (Phi) is 3.75.